The van der Waals surface area contributed by atoms with Gasteiger partial charge < -0.3 is 20.7 Å². The van der Waals surface area contributed by atoms with Gasteiger partial charge in [0, 0.05) is 47.5 Å². The molecule has 0 unspecified atom stereocenters. The van der Waals surface area contributed by atoms with E-state index in [1.54, 1.807) is 35.7 Å². The van der Waals surface area contributed by atoms with Crippen LogP contribution >= 0.6 is 24.0 Å². The van der Waals surface area contributed by atoms with Crippen LogP contribution in [0.25, 0.3) is 10.2 Å². The van der Waals surface area contributed by atoms with Crippen molar-refractivity contribution in [2.45, 2.75) is 43.4 Å². The number of nitrogens with zero attached hydrogens (tertiary/aromatic N) is 3. The number of nitrogens with two attached hydrogens (primary N) is 1. The number of nitrogens with one attached hydrogen (secondary N) is 1. The second-order valence-corrected chi connectivity index (χ2v) is 9.60. The number of fused-ring (bicyclic) bond motifs is 3. The molecule has 1 aromatic carbocycles. The topological polar surface area (TPSA) is 110 Å². The van der Waals surface area contributed by atoms with Crippen molar-refractivity contribution >= 4 is 63.6 Å². The molecule has 0 atom stereocenters. The summed E-state index contributed by atoms with van der Waals surface area (Å²) in [5.41, 5.74) is 8.69. The van der Waals surface area contributed by atoms with Crippen LogP contribution in [-0.4, -0.2) is 47.3 Å². The maximum absolute atomic E-state index is 10.6. The molecule has 2 aliphatic rings. The van der Waals surface area contributed by atoms with Crippen molar-refractivity contribution in [3.8, 4) is 5.75 Å². The van der Waals surface area contributed by atoms with Crippen LogP contribution in [0.1, 0.15) is 36.1 Å². The fourth-order valence-electron chi connectivity index (χ4n) is 4.04. The number of Topliss-reactive ketones (excluding diaryl/α,β-unsaturated/α-hetero) is 1. The summed E-state index contributed by atoms with van der Waals surface area (Å²) in [4.78, 5) is 34.4. The van der Waals surface area contributed by atoms with Crippen molar-refractivity contribution in [1.82, 2.24) is 14.9 Å². The number of amides is 1. The number of anilines is 3. The summed E-state index contributed by atoms with van der Waals surface area (Å²) in [7, 11) is 1.63. The van der Waals surface area contributed by atoms with Crippen LogP contribution in [0, 0.1) is 0 Å². The molecule has 3 heterocycles. The van der Waals surface area contributed by atoms with Gasteiger partial charge in [0.25, 0.3) is 0 Å². The fraction of sp³-hybridized carbons (Fsp3) is 0.391. The molecular weight excluding hydrogens is 458 g/mol. The quantitative estimate of drug-likeness (QED) is 0.291. The number of ketones is 1. The summed E-state index contributed by atoms with van der Waals surface area (Å²) in [6.45, 7) is 1.23. The molecule has 1 aliphatic carbocycles. The number of piperidine rings is 1. The van der Waals surface area contributed by atoms with Crippen molar-refractivity contribution in [3.05, 3.63) is 28.9 Å². The predicted molar refractivity (Wildman–Crippen MR) is 134 cm³/mol. The average Bonchev–Trinajstić information content (AvgIpc) is 3.22. The fourth-order valence-corrected chi connectivity index (χ4v) is 5.46. The van der Waals surface area contributed by atoms with Crippen LogP contribution in [0.5, 0.6) is 5.75 Å². The van der Waals surface area contributed by atoms with Gasteiger partial charge in [-0.05, 0) is 37.3 Å². The van der Waals surface area contributed by atoms with Crippen molar-refractivity contribution < 1.29 is 14.3 Å². The highest BCUT2D eigenvalue weighted by Gasteiger charge is 2.20. The lowest BCUT2D eigenvalue weighted by molar-refractivity contribution is -0.125. The van der Waals surface area contributed by atoms with Gasteiger partial charge in [-0.2, -0.15) is 0 Å². The van der Waals surface area contributed by atoms with E-state index in [1.165, 1.54) is 23.3 Å². The smallest absolute Gasteiger partial charge is 0.209 e. The third kappa shape index (κ3) is 5.22. The number of likely N-dealkylation sites (tertiary alicyclic amines) is 1. The number of rotatable bonds is 4. The number of thiophene rings is 1. The van der Waals surface area contributed by atoms with Gasteiger partial charge in [0.1, 0.15) is 28.5 Å². The molecule has 10 heteroatoms. The molecule has 1 fully saturated rings. The molecular formula is C23H27N5O3S2. The van der Waals surface area contributed by atoms with E-state index in [-0.39, 0.29) is 5.78 Å². The Bertz CT molecular complexity index is 1170. The number of thiol groups is 1. The van der Waals surface area contributed by atoms with E-state index in [0.717, 1.165) is 41.0 Å². The molecule has 0 spiro atoms. The third-order valence-corrected chi connectivity index (χ3v) is 7.45. The number of carbonyl (C=O) groups is 2. The number of ether oxygens (including phenoxy) is 1. The Hall–Kier alpha value is -2.85. The number of carbonyl (C=O) groups excluding carboxylic acids is 2. The second-order valence-electron chi connectivity index (χ2n) is 8.03. The first-order chi connectivity index (χ1) is 16.0. The summed E-state index contributed by atoms with van der Waals surface area (Å²) in [5, 5.41) is 4.53. The standard InChI is InChI=1S/C17H18N4OS2.C6H9NO2/c1-22-12-6-10(18)13(23)7-11(12)21-16-15-9-4-2-3-5-14(9)24-17(15)20-8-19-16;8-5-7-3-1-6(9)2-4-7/h6-8,23H,2-5,18H2,1H3,(H,19,20,21);5H,1-4H2. The van der Waals surface area contributed by atoms with Gasteiger partial charge in [-0.25, -0.2) is 9.97 Å². The van der Waals surface area contributed by atoms with E-state index in [2.05, 4.69) is 27.9 Å². The van der Waals surface area contributed by atoms with Crippen molar-refractivity contribution in [2.75, 3.05) is 31.2 Å². The van der Waals surface area contributed by atoms with Crippen LogP contribution in [0.2, 0.25) is 0 Å². The molecule has 5 rings (SSSR count). The van der Waals surface area contributed by atoms with E-state index >= 15 is 0 Å². The molecule has 3 N–H and O–H groups in total. The summed E-state index contributed by atoms with van der Waals surface area (Å²) in [6.07, 6.45) is 8.20. The highest BCUT2D eigenvalue weighted by molar-refractivity contribution is 7.80. The van der Waals surface area contributed by atoms with Crippen LogP contribution in [0.4, 0.5) is 17.2 Å². The largest absolute Gasteiger partial charge is 0.494 e. The lowest BCUT2D eigenvalue weighted by atomic mass is 9.97. The number of hydrogen-bond acceptors (Lipinski definition) is 9. The Balaban J connectivity index is 0.000000243. The lowest BCUT2D eigenvalue weighted by Crippen LogP contribution is -2.32. The van der Waals surface area contributed by atoms with Crippen molar-refractivity contribution in [3.63, 3.8) is 0 Å². The molecule has 0 saturated carbocycles. The summed E-state index contributed by atoms with van der Waals surface area (Å²) < 4.78 is 5.44. The van der Waals surface area contributed by atoms with E-state index < -0.39 is 0 Å². The van der Waals surface area contributed by atoms with Crippen LogP contribution in [0.15, 0.2) is 23.4 Å². The number of nitrogen functional groups attached to an aromatic ring is 1. The van der Waals surface area contributed by atoms with Gasteiger partial charge in [-0.3, -0.25) is 9.59 Å². The van der Waals surface area contributed by atoms with E-state index in [4.69, 9.17) is 10.5 Å². The third-order valence-electron chi connectivity index (χ3n) is 5.86. The first kappa shape index (κ1) is 23.3. The molecule has 2 aromatic heterocycles. The SMILES string of the molecule is COc1cc(N)c(S)cc1Nc1ncnc2sc3c(c12)CCCC3.O=CN1CCC(=O)CC1. The number of benzene rings is 1. The molecule has 0 radical (unpaired) electrons. The minimum atomic E-state index is 0.271. The molecule has 1 aliphatic heterocycles. The Morgan fingerprint density at radius 1 is 1.18 bits per heavy atom. The monoisotopic (exact) mass is 485 g/mol. The Morgan fingerprint density at radius 3 is 2.67 bits per heavy atom. The molecule has 0 bridgehead atoms. The zero-order valence-electron chi connectivity index (χ0n) is 18.5. The Morgan fingerprint density at radius 2 is 1.94 bits per heavy atom. The molecule has 3 aromatic rings. The van der Waals surface area contributed by atoms with Crippen LogP contribution in [0.3, 0.4) is 0 Å². The number of hydrogen-bond donors (Lipinski definition) is 3. The lowest BCUT2D eigenvalue weighted by Gasteiger charge is -2.20. The van der Waals surface area contributed by atoms with Crippen molar-refractivity contribution in [1.29, 1.82) is 0 Å². The second kappa shape index (κ2) is 10.4. The van der Waals surface area contributed by atoms with E-state index in [0.29, 0.717) is 42.3 Å². The number of methoxy groups -OCH3 is 1. The zero-order chi connectivity index (χ0) is 23.4. The molecule has 1 amide bonds. The molecule has 8 nitrogen and oxygen atoms in total. The minimum Gasteiger partial charge on any atom is -0.494 e. The average molecular weight is 486 g/mol. The summed E-state index contributed by atoms with van der Waals surface area (Å²) in [6, 6.07) is 3.64. The normalized spacial score (nSPS) is 15.5. The van der Waals surface area contributed by atoms with Crippen LogP contribution < -0.4 is 15.8 Å². The van der Waals surface area contributed by atoms with Gasteiger partial charge in [-0.15, -0.1) is 24.0 Å². The zero-order valence-corrected chi connectivity index (χ0v) is 20.2. The predicted octanol–water partition coefficient (Wildman–Crippen LogP) is 4.00. The van der Waals surface area contributed by atoms with Gasteiger partial charge in [0.05, 0.1) is 18.2 Å². The summed E-state index contributed by atoms with van der Waals surface area (Å²) >= 11 is 6.19. The Kier molecular flexibility index (Phi) is 7.34. The van der Waals surface area contributed by atoms with E-state index in [1.807, 2.05) is 6.07 Å². The highest BCUT2D eigenvalue weighted by Crippen LogP contribution is 2.40. The summed E-state index contributed by atoms with van der Waals surface area (Å²) in [5.74, 6) is 1.75. The van der Waals surface area contributed by atoms with Crippen LogP contribution in [-0.2, 0) is 22.4 Å². The maximum atomic E-state index is 10.6. The first-order valence-corrected chi connectivity index (χ1v) is 12.2. The highest BCUT2D eigenvalue weighted by atomic mass is 32.1. The molecule has 33 heavy (non-hydrogen) atoms. The molecule has 174 valence electrons. The number of aryl methyl sites for hydroxylation is 2. The van der Waals surface area contributed by atoms with E-state index in [9.17, 15) is 9.59 Å². The van der Waals surface area contributed by atoms with Gasteiger partial charge in [0.2, 0.25) is 6.41 Å². The Labute approximate surface area is 201 Å². The maximum Gasteiger partial charge on any atom is 0.209 e. The van der Waals surface area contributed by atoms with Gasteiger partial charge in [0.15, 0.2) is 0 Å². The number of aromatic nitrogens is 2. The van der Waals surface area contributed by atoms with Gasteiger partial charge >= 0.3 is 0 Å². The molecule has 1 saturated heterocycles. The van der Waals surface area contributed by atoms with Gasteiger partial charge in [-0.1, -0.05) is 0 Å². The first-order valence-electron chi connectivity index (χ1n) is 10.9. The minimum absolute atomic E-state index is 0.271. The van der Waals surface area contributed by atoms with Crippen molar-refractivity contribution in [2.24, 2.45) is 0 Å².